The third-order valence-corrected chi connectivity index (χ3v) is 10.2. The van der Waals surface area contributed by atoms with Crippen LogP contribution in [0, 0.1) is 0 Å². The molecule has 9 heteroatoms. The summed E-state index contributed by atoms with van der Waals surface area (Å²) in [6.07, 6.45) is 0. The molecule has 0 fully saturated rings. The molecule has 0 amide bonds. The van der Waals surface area contributed by atoms with Gasteiger partial charge in [0.25, 0.3) is 0 Å². The SMILES string of the molecule is O=S(Br)(=C(Br)Br)c1nnnn1-c1ccccc1. The van der Waals surface area contributed by atoms with Crippen LogP contribution in [0.2, 0.25) is 0 Å². The Labute approximate surface area is 122 Å². The molecule has 0 aliphatic heterocycles. The first-order valence-electron chi connectivity index (χ1n) is 4.29. The Hall–Kier alpha value is -0.250. The fourth-order valence-electron chi connectivity index (χ4n) is 1.14. The van der Waals surface area contributed by atoms with Crippen LogP contribution >= 0.6 is 46.7 Å². The lowest BCUT2D eigenvalue weighted by Gasteiger charge is -2.04. The van der Waals surface area contributed by atoms with E-state index in [1.54, 1.807) is 0 Å². The average molecular weight is 445 g/mol. The Morgan fingerprint density at radius 2 is 1.88 bits per heavy atom. The molecule has 5 nitrogen and oxygen atoms in total. The van der Waals surface area contributed by atoms with Crippen molar-refractivity contribution in [3.63, 3.8) is 0 Å². The molecule has 0 aliphatic rings. The van der Waals surface area contributed by atoms with E-state index in [0.29, 0.717) is 2.68 Å². The van der Waals surface area contributed by atoms with Crippen LogP contribution in [0.3, 0.4) is 0 Å². The predicted octanol–water partition coefficient (Wildman–Crippen LogP) is 2.49. The van der Waals surface area contributed by atoms with Gasteiger partial charge in [-0.2, -0.15) is 4.68 Å². The van der Waals surface area contributed by atoms with Gasteiger partial charge in [0.2, 0.25) is 5.16 Å². The highest BCUT2D eigenvalue weighted by Gasteiger charge is 2.20. The zero-order chi connectivity index (χ0) is 12.5. The minimum Gasteiger partial charge on any atom is -0.246 e. The molecule has 17 heavy (non-hydrogen) atoms. The molecule has 1 unspecified atom stereocenters. The zero-order valence-corrected chi connectivity index (χ0v) is 13.7. The quantitative estimate of drug-likeness (QED) is 0.527. The van der Waals surface area contributed by atoms with Crippen molar-refractivity contribution in [2.24, 2.45) is 0 Å². The van der Waals surface area contributed by atoms with E-state index in [9.17, 15) is 4.21 Å². The maximum Gasteiger partial charge on any atom is 0.248 e. The highest BCUT2D eigenvalue weighted by Crippen LogP contribution is 2.23. The van der Waals surface area contributed by atoms with Crippen molar-refractivity contribution < 1.29 is 4.21 Å². The molecule has 1 atom stereocenters. The summed E-state index contributed by atoms with van der Waals surface area (Å²) in [5, 5.41) is 11.4. The standard InChI is InChI=1S/C8H5Br3N4OS/c9-7(10)17(11,16)8-12-13-14-15(8)6-4-2-1-3-5-6/h1-5H. The summed E-state index contributed by atoms with van der Waals surface area (Å²) >= 11 is 9.37. The highest BCUT2D eigenvalue weighted by molar-refractivity contribution is 9.55. The summed E-state index contributed by atoms with van der Waals surface area (Å²) in [6.45, 7) is 0. The smallest absolute Gasteiger partial charge is 0.246 e. The maximum atomic E-state index is 12.4. The Kier molecular flexibility index (Phi) is 4.01. The molecule has 2 rings (SSSR count). The molecule has 0 aliphatic carbocycles. The van der Waals surface area contributed by atoms with Crippen LogP contribution in [0.25, 0.3) is 5.69 Å². The average Bonchev–Trinajstić information content (AvgIpc) is 2.79. The largest absolute Gasteiger partial charge is 0.248 e. The number of nitrogens with zero attached hydrogens (tertiary/aromatic N) is 4. The molecule has 0 radical (unpaired) electrons. The van der Waals surface area contributed by atoms with Gasteiger partial charge in [0, 0.05) is 14.8 Å². The van der Waals surface area contributed by atoms with Crippen molar-refractivity contribution in [2.75, 3.05) is 0 Å². The zero-order valence-electron chi connectivity index (χ0n) is 8.13. The van der Waals surface area contributed by atoms with Gasteiger partial charge in [0.1, 0.15) is 10.6 Å². The Morgan fingerprint density at radius 3 is 2.47 bits per heavy atom. The molecule has 0 saturated heterocycles. The topological polar surface area (TPSA) is 60.7 Å². The number of benzene rings is 1. The van der Waals surface area contributed by atoms with E-state index in [0.717, 1.165) is 5.69 Å². The van der Waals surface area contributed by atoms with Gasteiger partial charge >= 0.3 is 0 Å². The summed E-state index contributed by atoms with van der Waals surface area (Å²) in [4.78, 5) is 0. The number of halogens is 3. The molecule has 0 bridgehead atoms. The Balaban J connectivity index is 2.67. The Bertz CT molecular complexity index is 644. The minimum atomic E-state index is -2.67. The van der Waals surface area contributed by atoms with E-state index in [1.807, 2.05) is 30.3 Å². The summed E-state index contributed by atoms with van der Waals surface area (Å²) in [5.41, 5.74) is 0.737. The molecular formula is C8H5Br3N4OS. The second kappa shape index (κ2) is 5.17. The van der Waals surface area contributed by atoms with Crippen molar-refractivity contribution in [2.45, 2.75) is 5.16 Å². The Morgan fingerprint density at radius 1 is 1.24 bits per heavy atom. The third-order valence-electron chi connectivity index (χ3n) is 1.87. The molecule has 1 heterocycles. The summed E-state index contributed by atoms with van der Waals surface area (Å²) in [5.74, 6) is 0. The fraction of sp³-hybridized carbons (Fsp3) is 0. The molecule has 0 N–H and O–H groups in total. The van der Waals surface area contributed by atoms with Crippen LogP contribution in [-0.4, -0.2) is 27.1 Å². The van der Waals surface area contributed by atoms with E-state index in [4.69, 9.17) is 0 Å². The second-order valence-corrected chi connectivity index (χ2v) is 11.1. The van der Waals surface area contributed by atoms with Gasteiger partial charge in [-0.3, -0.25) is 0 Å². The molecular weight excluding hydrogens is 440 g/mol. The molecule has 0 saturated carbocycles. The van der Waals surface area contributed by atoms with Gasteiger partial charge in [0.15, 0.2) is 0 Å². The molecule has 2 aromatic rings. The number of para-hydroxylation sites is 1. The van der Waals surface area contributed by atoms with Crippen molar-refractivity contribution >= 4 is 57.3 Å². The van der Waals surface area contributed by atoms with Crippen LogP contribution in [0.5, 0.6) is 0 Å². The van der Waals surface area contributed by atoms with Gasteiger partial charge in [-0.25, -0.2) is 4.21 Å². The molecule has 1 aromatic carbocycles. The summed E-state index contributed by atoms with van der Waals surface area (Å²) < 4.78 is 14.1. The number of hydrogen-bond acceptors (Lipinski definition) is 4. The lowest BCUT2D eigenvalue weighted by Crippen LogP contribution is -2.08. The van der Waals surface area contributed by atoms with Gasteiger partial charge in [-0.1, -0.05) is 23.3 Å². The first-order chi connectivity index (χ1) is 8.03. The lowest BCUT2D eigenvalue weighted by atomic mass is 10.3. The predicted molar refractivity (Wildman–Crippen MR) is 77.4 cm³/mol. The van der Waals surface area contributed by atoms with Crippen LogP contribution in [0.4, 0.5) is 0 Å². The lowest BCUT2D eigenvalue weighted by molar-refractivity contribution is 0.674. The van der Waals surface area contributed by atoms with Crippen molar-refractivity contribution in [1.82, 2.24) is 20.2 Å². The van der Waals surface area contributed by atoms with Gasteiger partial charge < -0.3 is 0 Å². The monoisotopic (exact) mass is 442 g/mol. The first kappa shape index (κ1) is 13.2. The summed E-state index contributed by atoms with van der Waals surface area (Å²) in [6, 6.07) is 9.23. The van der Waals surface area contributed by atoms with E-state index >= 15 is 0 Å². The summed E-state index contributed by atoms with van der Waals surface area (Å²) in [7, 11) is -2.67. The normalized spacial score (nSPS) is 14.3. The van der Waals surface area contributed by atoms with Crippen LogP contribution in [-0.2, 0) is 7.96 Å². The van der Waals surface area contributed by atoms with E-state index in [-0.39, 0.29) is 5.16 Å². The van der Waals surface area contributed by atoms with Gasteiger partial charge in [0.05, 0.1) is 5.69 Å². The van der Waals surface area contributed by atoms with E-state index < -0.39 is 7.96 Å². The fourth-order valence-corrected chi connectivity index (χ4v) is 3.26. The molecule has 90 valence electrons. The number of tetrazole rings is 1. The van der Waals surface area contributed by atoms with Crippen molar-refractivity contribution in [3.8, 4) is 5.69 Å². The number of aromatic nitrogens is 4. The first-order valence-corrected chi connectivity index (χ1v) is 9.28. The number of rotatable bonds is 2. The van der Waals surface area contributed by atoms with Crippen LogP contribution in [0.1, 0.15) is 0 Å². The van der Waals surface area contributed by atoms with Crippen LogP contribution in [0.15, 0.2) is 35.5 Å². The second-order valence-electron chi connectivity index (χ2n) is 2.92. The van der Waals surface area contributed by atoms with E-state index in [1.165, 1.54) is 4.68 Å². The maximum absolute atomic E-state index is 12.4. The molecule has 1 aromatic heterocycles. The minimum absolute atomic E-state index is 0.215. The van der Waals surface area contributed by atoms with Gasteiger partial charge in [-0.05, 0) is 54.4 Å². The van der Waals surface area contributed by atoms with Crippen molar-refractivity contribution in [3.05, 3.63) is 30.3 Å². The number of hydrogen-bond donors (Lipinski definition) is 0. The van der Waals surface area contributed by atoms with E-state index in [2.05, 4.69) is 62.2 Å². The molecule has 0 spiro atoms. The van der Waals surface area contributed by atoms with Crippen molar-refractivity contribution in [1.29, 1.82) is 0 Å². The highest BCUT2D eigenvalue weighted by atomic mass is 79.9. The third kappa shape index (κ3) is 2.61. The van der Waals surface area contributed by atoms with Gasteiger partial charge in [-0.15, -0.1) is 0 Å². The van der Waals surface area contributed by atoms with Crippen LogP contribution < -0.4 is 0 Å².